The third-order valence-corrected chi connectivity index (χ3v) is 9.30. The molecule has 5 saturated heterocycles. The predicted molar refractivity (Wildman–Crippen MR) is 123 cm³/mol. The minimum atomic E-state index is -0.876. The second-order valence-electron chi connectivity index (χ2n) is 11.5. The van der Waals surface area contributed by atoms with Crippen molar-refractivity contribution in [2.45, 2.75) is 115 Å². The largest absolute Gasteiger partial charge is 0.435 e. The fourth-order valence-electron chi connectivity index (χ4n) is 7.33. The van der Waals surface area contributed by atoms with E-state index in [2.05, 4.69) is 6.92 Å². The number of amides is 1. The number of fused-ring (bicyclic) bond motifs is 2. The van der Waals surface area contributed by atoms with E-state index < -0.39 is 29.9 Å². The zero-order valence-corrected chi connectivity index (χ0v) is 21.3. The van der Waals surface area contributed by atoms with Gasteiger partial charge in [-0.15, -0.1) is 0 Å². The van der Waals surface area contributed by atoms with Crippen LogP contribution in [0, 0.1) is 23.7 Å². The Kier molecular flexibility index (Phi) is 7.18. The zero-order chi connectivity index (χ0) is 24.8. The van der Waals surface area contributed by atoms with Crippen LogP contribution in [-0.4, -0.2) is 65.0 Å². The van der Waals surface area contributed by atoms with Gasteiger partial charge in [0.2, 0.25) is 18.0 Å². The van der Waals surface area contributed by atoms with Crippen LogP contribution in [0.5, 0.6) is 0 Å². The molecule has 0 aromatic carbocycles. The Morgan fingerprint density at radius 2 is 1.89 bits per heavy atom. The van der Waals surface area contributed by atoms with Crippen LogP contribution in [0.3, 0.4) is 0 Å². The number of carbonyl (C=O) groups is 2. The second kappa shape index (κ2) is 9.89. The number of carbonyl (C=O) groups excluding carboxylic acids is 2. The number of nitrogens with zero attached hydrogens (tertiary/aromatic N) is 1. The number of esters is 1. The number of piperidine rings is 1. The van der Waals surface area contributed by atoms with E-state index in [9.17, 15) is 14.7 Å². The summed E-state index contributed by atoms with van der Waals surface area (Å²) in [5, 5.41) is 9.32. The maximum absolute atomic E-state index is 12.8. The van der Waals surface area contributed by atoms with Crippen LogP contribution in [-0.2, 0) is 33.6 Å². The summed E-state index contributed by atoms with van der Waals surface area (Å²) < 4.78 is 18.4. The number of rotatable bonds is 6. The molecule has 0 aromatic heterocycles. The summed E-state index contributed by atoms with van der Waals surface area (Å²) in [6, 6.07) is 0.0585. The summed E-state index contributed by atoms with van der Waals surface area (Å²) >= 11 is 0. The molecule has 6 aliphatic rings. The van der Waals surface area contributed by atoms with Gasteiger partial charge in [-0.25, -0.2) is 9.78 Å². The lowest BCUT2D eigenvalue weighted by Crippen LogP contribution is -2.70. The molecule has 6 fully saturated rings. The van der Waals surface area contributed by atoms with Gasteiger partial charge in [0.15, 0.2) is 11.9 Å². The van der Waals surface area contributed by atoms with E-state index in [0.29, 0.717) is 18.9 Å². The first-order chi connectivity index (χ1) is 16.8. The van der Waals surface area contributed by atoms with Gasteiger partial charge in [-0.05, 0) is 63.7 Å². The van der Waals surface area contributed by atoms with Gasteiger partial charge in [0.25, 0.3) is 0 Å². The molecule has 1 aliphatic carbocycles. The molecule has 1 saturated carbocycles. The van der Waals surface area contributed by atoms with Gasteiger partial charge in [0.1, 0.15) is 0 Å². The molecular weight excluding hydrogens is 454 g/mol. The van der Waals surface area contributed by atoms with Gasteiger partial charge < -0.3 is 24.2 Å². The van der Waals surface area contributed by atoms with Crippen molar-refractivity contribution >= 4 is 11.9 Å². The summed E-state index contributed by atoms with van der Waals surface area (Å²) in [6.45, 7) is 6.92. The van der Waals surface area contributed by atoms with E-state index in [4.69, 9.17) is 24.0 Å². The highest BCUT2D eigenvalue weighted by atomic mass is 17.3. The molecule has 6 rings (SSSR count). The highest BCUT2D eigenvalue weighted by molar-refractivity contribution is 5.81. The molecule has 5 heterocycles. The van der Waals surface area contributed by atoms with Gasteiger partial charge >= 0.3 is 5.97 Å². The number of hydrogen-bond donors (Lipinski definition) is 1. The SMILES string of the molecule is C[C@H]1[C@H](OC(=O)CCC(=O)N2CCCC[C@@H]2CCO)O[C@@H]2O[C@@]3(C)CC[C@@H]4[C@H](C)CC[C@H]1[C@@]24OO3. The smallest absolute Gasteiger partial charge is 0.308 e. The lowest BCUT2D eigenvalue weighted by Gasteiger charge is -2.59. The Morgan fingerprint density at radius 1 is 1.06 bits per heavy atom. The zero-order valence-electron chi connectivity index (χ0n) is 21.3. The third-order valence-electron chi connectivity index (χ3n) is 9.30. The Morgan fingerprint density at radius 3 is 2.69 bits per heavy atom. The Bertz CT molecular complexity index is 806. The number of aliphatic hydroxyl groups excluding tert-OH is 1. The van der Waals surface area contributed by atoms with Crippen LogP contribution in [0.4, 0.5) is 0 Å². The van der Waals surface area contributed by atoms with Crippen LogP contribution in [0.15, 0.2) is 0 Å². The monoisotopic (exact) mass is 495 g/mol. The molecule has 1 spiro atoms. The van der Waals surface area contributed by atoms with E-state index in [1.54, 1.807) is 0 Å². The molecule has 35 heavy (non-hydrogen) atoms. The molecule has 5 aliphatic heterocycles. The van der Waals surface area contributed by atoms with Crippen LogP contribution >= 0.6 is 0 Å². The molecule has 1 N–H and O–H groups in total. The quantitative estimate of drug-likeness (QED) is 0.442. The maximum Gasteiger partial charge on any atom is 0.308 e. The number of ether oxygens (including phenoxy) is 3. The average Bonchev–Trinajstić information content (AvgIpc) is 3.07. The normalized spacial score (nSPS) is 44.9. The van der Waals surface area contributed by atoms with Crippen LogP contribution < -0.4 is 0 Å². The van der Waals surface area contributed by atoms with Crippen molar-refractivity contribution in [3.05, 3.63) is 0 Å². The van der Waals surface area contributed by atoms with Gasteiger partial charge in [0.05, 0.1) is 6.42 Å². The van der Waals surface area contributed by atoms with Crippen molar-refractivity contribution in [3.8, 4) is 0 Å². The van der Waals surface area contributed by atoms with Crippen molar-refractivity contribution in [3.63, 3.8) is 0 Å². The fraction of sp³-hybridized carbons (Fsp3) is 0.923. The highest BCUT2D eigenvalue weighted by Crippen LogP contribution is 2.60. The van der Waals surface area contributed by atoms with Crippen molar-refractivity contribution < 1.29 is 38.7 Å². The summed E-state index contributed by atoms with van der Waals surface area (Å²) in [4.78, 5) is 39.4. The molecule has 0 aromatic rings. The number of aliphatic hydroxyl groups is 1. The first kappa shape index (κ1) is 25.4. The van der Waals surface area contributed by atoms with Crippen LogP contribution in [0.1, 0.15) is 85.0 Å². The van der Waals surface area contributed by atoms with Crippen LogP contribution in [0.25, 0.3) is 0 Å². The lowest BCUT2D eigenvalue weighted by atomic mass is 9.58. The molecule has 2 bridgehead atoms. The Balaban J connectivity index is 1.23. The van der Waals surface area contributed by atoms with E-state index in [1.165, 1.54) is 0 Å². The standard InChI is InChI=1S/C26H41NO8/c1-16-7-8-20-17(2)23(32-24-26(20)19(16)11-13-25(3,33-24)34-35-26)31-22(30)10-9-21(29)27-14-5-4-6-18(27)12-15-28/h16-20,23-24,28H,4-15H2,1-3H3/t16-,17-,18-,19-,20-,23-,24-,25-,26-/m1/s1. The average molecular weight is 496 g/mol. The fourth-order valence-corrected chi connectivity index (χ4v) is 7.33. The lowest BCUT2D eigenvalue weighted by molar-refractivity contribution is -0.576. The van der Waals surface area contributed by atoms with Gasteiger partial charge in [0, 0.05) is 43.9 Å². The molecule has 9 nitrogen and oxygen atoms in total. The Hall–Kier alpha value is -1.26. The molecule has 9 heteroatoms. The minimum absolute atomic E-state index is 0.00603. The predicted octanol–water partition coefficient (Wildman–Crippen LogP) is 3.28. The maximum atomic E-state index is 12.8. The molecule has 198 valence electrons. The molecule has 0 unspecified atom stereocenters. The van der Waals surface area contributed by atoms with E-state index in [1.807, 2.05) is 18.7 Å². The van der Waals surface area contributed by atoms with Gasteiger partial charge in [-0.2, -0.15) is 0 Å². The minimum Gasteiger partial charge on any atom is -0.435 e. The topological polar surface area (TPSA) is 104 Å². The molecular formula is C26H41NO8. The molecule has 1 amide bonds. The van der Waals surface area contributed by atoms with E-state index in [0.717, 1.165) is 44.9 Å². The van der Waals surface area contributed by atoms with Crippen molar-refractivity contribution in [1.82, 2.24) is 4.90 Å². The third kappa shape index (κ3) is 4.52. The first-order valence-corrected chi connectivity index (χ1v) is 13.6. The second-order valence-corrected chi connectivity index (χ2v) is 11.5. The summed E-state index contributed by atoms with van der Waals surface area (Å²) in [7, 11) is 0. The van der Waals surface area contributed by atoms with Gasteiger partial charge in [-0.1, -0.05) is 13.8 Å². The van der Waals surface area contributed by atoms with Crippen LogP contribution in [0.2, 0.25) is 0 Å². The summed E-state index contributed by atoms with van der Waals surface area (Å²) in [5.41, 5.74) is -0.693. The molecule has 9 atom stereocenters. The van der Waals surface area contributed by atoms with E-state index in [-0.39, 0.29) is 49.2 Å². The molecule has 0 radical (unpaired) electrons. The summed E-state index contributed by atoms with van der Waals surface area (Å²) in [6.07, 6.45) is 5.87. The highest BCUT2D eigenvalue weighted by Gasteiger charge is 2.69. The van der Waals surface area contributed by atoms with Crippen molar-refractivity contribution in [2.75, 3.05) is 13.2 Å². The Labute approximate surface area is 207 Å². The number of likely N-dealkylation sites (tertiary alicyclic amines) is 1. The summed E-state index contributed by atoms with van der Waals surface area (Å²) in [5.74, 6) is -0.661. The van der Waals surface area contributed by atoms with Crippen molar-refractivity contribution in [1.29, 1.82) is 0 Å². The van der Waals surface area contributed by atoms with Gasteiger partial charge in [-0.3, -0.25) is 9.59 Å². The van der Waals surface area contributed by atoms with Crippen molar-refractivity contribution in [2.24, 2.45) is 23.7 Å². The number of hydrogen-bond acceptors (Lipinski definition) is 8. The first-order valence-electron chi connectivity index (χ1n) is 13.6. The van der Waals surface area contributed by atoms with E-state index >= 15 is 0 Å².